The summed E-state index contributed by atoms with van der Waals surface area (Å²) < 4.78 is 2.22. The Bertz CT molecular complexity index is 1130. The molecule has 34 heavy (non-hydrogen) atoms. The Kier molecular flexibility index (Phi) is 6.96. The summed E-state index contributed by atoms with van der Waals surface area (Å²) in [5.74, 6) is 1.28. The first kappa shape index (κ1) is 23.4. The largest absolute Gasteiger partial charge is 0.354 e. The summed E-state index contributed by atoms with van der Waals surface area (Å²) in [6.45, 7) is 10.5. The SMILES string of the molecule is CCc1nn(-c2cccc(C)c2)c(N2CCN(C)CC2)c1CN(Cc1cccc(Cl)c1)C1CC1. The molecule has 0 amide bonds. The van der Waals surface area contributed by atoms with Gasteiger partial charge in [-0.1, -0.05) is 42.8 Å². The van der Waals surface area contributed by atoms with E-state index in [0.29, 0.717) is 6.04 Å². The average Bonchev–Trinajstić information content (AvgIpc) is 3.61. The van der Waals surface area contributed by atoms with Gasteiger partial charge in [-0.25, -0.2) is 4.68 Å². The Morgan fingerprint density at radius 3 is 2.44 bits per heavy atom. The summed E-state index contributed by atoms with van der Waals surface area (Å²) in [5.41, 5.74) is 6.31. The highest BCUT2D eigenvalue weighted by molar-refractivity contribution is 6.30. The van der Waals surface area contributed by atoms with Gasteiger partial charge in [0.2, 0.25) is 0 Å². The maximum atomic E-state index is 6.31. The van der Waals surface area contributed by atoms with Gasteiger partial charge in [0.25, 0.3) is 0 Å². The van der Waals surface area contributed by atoms with Gasteiger partial charge >= 0.3 is 0 Å². The van der Waals surface area contributed by atoms with Crippen LogP contribution in [0.2, 0.25) is 5.02 Å². The highest BCUT2D eigenvalue weighted by Gasteiger charge is 2.33. The van der Waals surface area contributed by atoms with Crippen molar-refractivity contribution in [3.63, 3.8) is 0 Å². The van der Waals surface area contributed by atoms with Crippen LogP contribution in [0.25, 0.3) is 5.69 Å². The number of piperazine rings is 1. The number of hydrogen-bond acceptors (Lipinski definition) is 4. The third-order valence-corrected chi connectivity index (χ3v) is 7.36. The first-order chi connectivity index (χ1) is 16.5. The van der Waals surface area contributed by atoms with Gasteiger partial charge in [-0.2, -0.15) is 5.10 Å². The maximum Gasteiger partial charge on any atom is 0.137 e. The Hall–Kier alpha value is -2.34. The zero-order valence-electron chi connectivity index (χ0n) is 20.7. The number of hydrogen-bond donors (Lipinski definition) is 0. The fraction of sp³-hybridized carbons (Fsp3) is 0.464. The van der Waals surface area contributed by atoms with Crippen LogP contribution >= 0.6 is 11.6 Å². The first-order valence-electron chi connectivity index (χ1n) is 12.6. The van der Waals surface area contributed by atoms with E-state index in [2.05, 4.69) is 82.7 Å². The summed E-state index contributed by atoms with van der Waals surface area (Å²) >= 11 is 6.31. The van der Waals surface area contributed by atoms with Crippen molar-refractivity contribution >= 4 is 17.4 Å². The number of nitrogens with zero attached hydrogens (tertiary/aromatic N) is 5. The quantitative estimate of drug-likeness (QED) is 0.439. The van der Waals surface area contributed by atoms with Gasteiger partial charge in [-0.3, -0.25) is 4.90 Å². The first-order valence-corrected chi connectivity index (χ1v) is 13.0. The normalized spacial score (nSPS) is 17.0. The number of likely N-dealkylation sites (N-methyl/N-ethyl adjacent to an activating group) is 1. The molecule has 2 fully saturated rings. The predicted octanol–water partition coefficient (Wildman–Crippen LogP) is 5.31. The van der Waals surface area contributed by atoms with E-state index in [9.17, 15) is 0 Å². The summed E-state index contributed by atoms with van der Waals surface area (Å²) in [7, 11) is 2.22. The van der Waals surface area contributed by atoms with E-state index in [1.807, 2.05) is 6.07 Å². The number of rotatable bonds is 8. The van der Waals surface area contributed by atoms with Crippen molar-refractivity contribution in [1.29, 1.82) is 0 Å². The van der Waals surface area contributed by atoms with E-state index < -0.39 is 0 Å². The summed E-state index contributed by atoms with van der Waals surface area (Å²) in [4.78, 5) is 7.62. The molecular formula is C28H36ClN5. The molecule has 2 aliphatic rings. The molecule has 5 rings (SSSR count). The van der Waals surface area contributed by atoms with Crippen molar-refractivity contribution in [3.05, 3.63) is 75.9 Å². The lowest BCUT2D eigenvalue weighted by atomic mass is 10.1. The highest BCUT2D eigenvalue weighted by Crippen LogP contribution is 2.35. The zero-order chi connectivity index (χ0) is 23.7. The fourth-order valence-corrected chi connectivity index (χ4v) is 5.25. The van der Waals surface area contributed by atoms with Crippen LogP contribution in [0.1, 0.15) is 42.1 Å². The molecule has 0 bridgehead atoms. The number of aromatic nitrogens is 2. The van der Waals surface area contributed by atoms with Crippen molar-refractivity contribution in [2.45, 2.75) is 52.2 Å². The van der Waals surface area contributed by atoms with Crippen LogP contribution in [0.4, 0.5) is 5.82 Å². The van der Waals surface area contributed by atoms with Gasteiger partial charge in [-0.05, 0) is 68.6 Å². The molecule has 1 aromatic heterocycles. The van der Waals surface area contributed by atoms with Crippen LogP contribution in [0.3, 0.4) is 0 Å². The molecule has 0 atom stereocenters. The van der Waals surface area contributed by atoms with Crippen molar-refractivity contribution < 1.29 is 0 Å². The van der Waals surface area contributed by atoms with E-state index in [1.54, 1.807) is 0 Å². The van der Waals surface area contributed by atoms with Gasteiger partial charge in [0, 0.05) is 55.9 Å². The molecule has 1 aliphatic heterocycles. The second kappa shape index (κ2) is 10.1. The summed E-state index contributed by atoms with van der Waals surface area (Å²) in [6.07, 6.45) is 3.49. The van der Waals surface area contributed by atoms with E-state index in [4.69, 9.17) is 16.7 Å². The number of aryl methyl sites for hydroxylation is 2. The molecule has 3 aromatic rings. The van der Waals surface area contributed by atoms with Crippen LogP contribution in [0.5, 0.6) is 0 Å². The molecule has 0 unspecified atom stereocenters. The van der Waals surface area contributed by atoms with Gasteiger partial charge < -0.3 is 9.80 Å². The molecule has 1 saturated carbocycles. The van der Waals surface area contributed by atoms with Crippen LogP contribution in [-0.2, 0) is 19.5 Å². The van der Waals surface area contributed by atoms with E-state index >= 15 is 0 Å². The predicted molar refractivity (Wildman–Crippen MR) is 141 cm³/mol. The smallest absolute Gasteiger partial charge is 0.137 e. The Balaban J connectivity index is 1.54. The number of anilines is 1. The molecule has 0 N–H and O–H groups in total. The third-order valence-electron chi connectivity index (χ3n) is 7.12. The Labute approximate surface area is 208 Å². The van der Waals surface area contributed by atoms with Gasteiger partial charge in [0.15, 0.2) is 0 Å². The van der Waals surface area contributed by atoms with Crippen molar-refractivity contribution in [2.24, 2.45) is 0 Å². The minimum Gasteiger partial charge on any atom is -0.354 e. The molecule has 2 aromatic carbocycles. The number of benzene rings is 2. The van der Waals surface area contributed by atoms with E-state index in [-0.39, 0.29) is 0 Å². The molecular weight excluding hydrogens is 442 g/mol. The lowest BCUT2D eigenvalue weighted by molar-refractivity contribution is 0.244. The standard InChI is InChI=1S/C28H36ClN5/c1-4-27-26(20-33(24-11-12-24)19-22-8-6-9-23(29)18-22)28(32-15-13-31(3)14-16-32)34(30-27)25-10-5-7-21(2)17-25/h5-10,17-18,24H,4,11-16,19-20H2,1-3H3. The third kappa shape index (κ3) is 5.17. The molecule has 1 aliphatic carbocycles. The summed E-state index contributed by atoms with van der Waals surface area (Å²) in [6, 6.07) is 17.7. The fourth-order valence-electron chi connectivity index (χ4n) is 5.04. The second-order valence-electron chi connectivity index (χ2n) is 9.91. The van der Waals surface area contributed by atoms with Gasteiger partial charge in [0.05, 0.1) is 11.4 Å². The Morgan fingerprint density at radius 1 is 1.00 bits per heavy atom. The van der Waals surface area contributed by atoms with Gasteiger partial charge in [0.1, 0.15) is 5.82 Å². The number of halogens is 1. The zero-order valence-corrected chi connectivity index (χ0v) is 21.4. The monoisotopic (exact) mass is 477 g/mol. The average molecular weight is 478 g/mol. The van der Waals surface area contributed by atoms with Crippen molar-refractivity contribution in [1.82, 2.24) is 19.6 Å². The van der Waals surface area contributed by atoms with Crippen LogP contribution in [-0.4, -0.2) is 58.8 Å². The summed E-state index contributed by atoms with van der Waals surface area (Å²) in [5, 5.41) is 6.01. The lowest BCUT2D eigenvalue weighted by Crippen LogP contribution is -2.45. The van der Waals surface area contributed by atoms with Crippen molar-refractivity contribution in [2.75, 3.05) is 38.1 Å². The molecule has 0 radical (unpaired) electrons. The second-order valence-corrected chi connectivity index (χ2v) is 10.3. The van der Waals surface area contributed by atoms with Crippen LogP contribution < -0.4 is 4.90 Å². The van der Waals surface area contributed by atoms with Crippen LogP contribution in [0.15, 0.2) is 48.5 Å². The minimum atomic E-state index is 0.645. The molecule has 2 heterocycles. The molecule has 180 valence electrons. The molecule has 1 saturated heterocycles. The molecule has 0 spiro atoms. The van der Waals surface area contributed by atoms with Gasteiger partial charge in [-0.15, -0.1) is 0 Å². The Morgan fingerprint density at radius 2 is 1.76 bits per heavy atom. The highest BCUT2D eigenvalue weighted by atomic mass is 35.5. The molecule has 5 nitrogen and oxygen atoms in total. The maximum absolute atomic E-state index is 6.31. The van der Waals surface area contributed by atoms with Crippen LogP contribution in [0, 0.1) is 6.92 Å². The van der Waals surface area contributed by atoms with E-state index in [0.717, 1.165) is 56.4 Å². The molecule has 6 heteroatoms. The van der Waals surface area contributed by atoms with E-state index in [1.165, 1.54) is 41.0 Å². The lowest BCUT2D eigenvalue weighted by Gasteiger charge is -2.35. The topological polar surface area (TPSA) is 27.5 Å². The minimum absolute atomic E-state index is 0.645. The van der Waals surface area contributed by atoms with Crippen molar-refractivity contribution in [3.8, 4) is 5.69 Å².